The normalized spacial score (nSPS) is 23.4. The molecule has 7 heteroatoms. The minimum Gasteiger partial charge on any atom is -0.454 e. The minimum atomic E-state index is -0.169. The van der Waals surface area contributed by atoms with Crippen LogP contribution in [0.5, 0.6) is 11.5 Å². The Labute approximate surface area is 147 Å². The first-order valence-corrected chi connectivity index (χ1v) is 8.74. The van der Waals surface area contributed by atoms with Gasteiger partial charge in [0.2, 0.25) is 18.6 Å². The van der Waals surface area contributed by atoms with Crippen molar-refractivity contribution in [2.75, 3.05) is 46.6 Å². The zero-order chi connectivity index (χ0) is 17.4. The van der Waals surface area contributed by atoms with Gasteiger partial charge in [-0.2, -0.15) is 0 Å². The molecule has 0 bridgehead atoms. The van der Waals surface area contributed by atoms with Crippen molar-refractivity contribution in [3.8, 4) is 11.5 Å². The van der Waals surface area contributed by atoms with E-state index < -0.39 is 0 Å². The number of ether oxygens (including phenoxy) is 2. The summed E-state index contributed by atoms with van der Waals surface area (Å²) in [6, 6.07) is 6.04. The molecule has 3 heterocycles. The van der Waals surface area contributed by atoms with E-state index in [1.807, 2.05) is 17.0 Å². The van der Waals surface area contributed by atoms with Crippen LogP contribution in [-0.4, -0.2) is 73.1 Å². The van der Waals surface area contributed by atoms with E-state index in [0.717, 1.165) is 44.2 Å². The second-order valence-corrected chi connectivity index (χ2v) is 6.96. The number of piperazine rings is 1. The Morgan fingerprint density at radius 2 is 1.92 bits per heavy atom. The summed E-state index contributed by atoms with van der Waals surface area (Å²) in [7, 11) is 1.76. The Hall–Kier alpha value is -2.28. The van der Waals surface area contributed by atoms with Crippen LogP contribution >= 0.6 is 0 Å². The van der Waals surface area contributed by atoms with E-state index >= 15 is 0 Å². The van der Waals surface area contributed by atoms with E-state index in [1.165, 1.54) is 5.56 Å². The van der Waals surface area contributed by atoms with Gasteiger partial charge >= 0.3 is 0 Å². The quantitative estimate of drug-likeness (QED) is 0.800. The Morgan fingerprint density at radius 3 is 2.64 bits per heavy atom. The van der Waals surface area contributed by atoms with E-state index in [2.05, 4.69) is 11.0 Å². The molecule has 0 radical (unpaired) electrons. The number of hydrogen-bond donors (Lipinski definition) is 0. The fourth-order valence-corrected chi connectivity index (χ4v) is 3.71. The fraction of sp³-hybridized carbons (Fsp3) is 0.556. The summed E-state index contributed by atoms with van der Waals surface area (Å²) in [5, 5.41) is 0. The van der Waals surface area contributed by atoms with Gasteiger partial charge in [-0.3, -0.25) is 14.5 Å². The summed E-state index contributed by atoms with van der Waals surface area (Å²) in [6.07, 6.45) is 0.354. The van der Waals surface area contributed by atoms with Gasteiger partial charge in [-0.1, -0.05) is 6.07 Å². The lowest BCUT2D eigenvalue weighted by molar-refractivity contribution is -0.137. The van der Waals surface area contributed by atoms with Crippen molar-refractivity contribution in [1.29, 1.82) is 0 Å². The van der Waals surface area contributed by atoms with Crippen molar-refractivity contribution in [2.45, 2.75) is 13.0 Å². The van der Waals surface area contributed by atoms with E-state index in [-0.39, 0.29) is 17.7 Å². The average molecular weight is 345 g/mol. The zero-order valence-electron chi connectivity index (χ0n) is 14.4. The maximum Gasteiger partial charge on any atom is 0.231 e. The third-order valence-electron chi connectivity index (χ3n) is 5.22. The van der Waals surface area contributed by atoms with Gasteiger partial charge in [-0.25, -0.2) is 0 Å². The van der Waals surface area contributed by atoms with Gasteiger partial charge in [-0.15, -0.1) is 0 Å². The molecular weight excluding hydrogens is 322 g/mol. The minimum absolute atomic E-state index is 0.0693. The number of likely N-dealkylation sites (tertiary alicyclic amines) is 1. The number of nitrogens with zero attached hydrogens (tertiary/aromatic N) is 3. The highest BCUT2D eigenvalue weighted by atomic mass is 16.7. The highest BCUT2D eigenvalue weighted by molar-refractivity contribution is 5.89. The van der Waals surface area contributed by atoms with Gasteiger partial charge in [0.25, 0.3) is 0 Å². The van der Waals surface area contributed by atoms with Crippen LogP contribution in [0.3, 0.4) is 0 Å². The van der Waals surface area contributed by atoms with Gasteiger partial charge in [0, 0.05) is 52.7 Å². The monoisotopic (exact) mass is 345 g/mol. The molecule has 4 rings (SSSR count). The number of carbonyl (C=O) groups is 2. The lowest BCUT2D eigenvalue weighted by atomic mass is 10.1. The van der Waals surface area contributed by atoms with E-state index in [0.29, 0.717) is 19.8 Å². The van der Waals surface area contributed by atoms with Gasteiger partial charge < -0.3 is 19.3 Å². The molecule has 2 saturated heterocycles. The highest BCUT2D eigenvalue weighted by Crippen LogP contribution is 2.32. The molecule has 0 spiro atoms. The summed E-state index contributed by atoms with van der Waals surface area (Å²) < 4.78 is 10.8. The molecule has 0 unspecified atom stereocenters. The van der Waals surface area contributed by atoms with Gasteiger partial charge in [0.05, 0.1) is 5.92 Å². The largest absolute Gasteiger partial charge is 0.454 e. The van der Waals surface area contributed by atoms with Crippen LogP contribution in [0.2, 0.25) is 0 Å². The summed E-state index contributed by atoms with van der Waals surface area (Å²) in [4.78, 5) is 30.1. The molecule has 3 aliphatic heterocycles. The van der Waals surface area contributed by atoms with Gasteiger partial charge in [-0.05, 0) is 17.7 Å². The summed E-state index contributed by atoms with van der Waals surface area (Å²) in [5.74, 6) is 1.63. The number of amides is 2. The number of rotatable bonds is 3. The van der Waals surface area contributed by atoms with Crippen LogP contribution in [-0.2, 0) is 16.1 Å². The van der Waals surface area contributed by atoms with Crippen LogP contribution in [0, 0.1) is 5.92 Å². The van der Waals surface area contributed by atoms with E-state index in [1.54, 1.807) is 11.9 Å². The molecule has 0 aromatic heterocycles. The molecular formula is C18H23N3O4. The first-order chi connectivity index (χ1) is 12.1. The average Bonchev–Trinajstić information content (AvgIpc) is 3.21. The molecule has 25 heavy (non-hydrogen) atoms. The predicted molar refractivity (Wildman–Crippen MR) is 90.2 cm³/mol. The zero-order valence-corrected chi connectivity index (χ0v) is 14.4. The number of carbonyl (C=O) groups excluding carboxylic acids is 2. The van der Waals surface area contributed by atoms with Crippen LogP contribution in [0.1, 0.15) is 12.0 Å². The molecule has 2 amide bonds. The molecule has 1 atom stereocenters. The van der Waals surface area contributed by atoms with Crippen LogP contribution in [0.25, 0.3) is 0 Å². The van der Waals surface area contributed by atoms with Gasteiger partial charge in [0.15, 0.2) is 11.5 Å². The molecule has 1 aromatic rings. The molecule has 0 N–H and O–H groups in total. The molecule has 3 aliphatic rings. The van der Waals surface area contributed by atoms with Crippen molar-refractivity contribution >= 4 is 11.8 Å². The van der Waals surface area contributed by atoms with Gasteiger partial charge in [0.1, 0.15) is 0 Å². The first-order valence-electron chi connectivity index (χ1n) is 8.74. The summed E-state index contributed by atoms with van der Waals surface area (Å²) in [6.45, 7) is 4.81. The molecule has 0 saturated carbocycles. The second-order valence-electron chi connectivity index (χ2n) is 6.96. The topological polar surface area (TPSA) is 62.3 Å². The first kappa shape index (κ1) is 16.2. The van der Waals surface area contributed by atoms with E-state index in [9.17, 15) is 9.59 Å². The Morgan fingerprint density at radius 1 is 1.16 bits per heavy atom. The van der Waals surface area contributed by atoms with Crippen molar-refractivity contribution in [3.63, 3.8) is 0 Å². The van der Waals surface area contributed by atoms with Crippen molar-refractivity contribution < 1.29 is 19.1 Å². The van der Waals surface area contributed by atoms with E-state index in [4.69, 9.17) is 9.47 Å². The van der Waals surface area contributed by atoms with Crippen molar-refractivity contribution in [1.82, 2.24) is 14.7 Å². The standard InChI is InChI=1S/C18H23N3O4/c1-19-11-14(9-17(19)22)18(23)21-6-4-20(5-7-21)10-13-2-3-15-16(8-13)25-12-24-15/h2-3,8,14H,4-7,9-12H2,1H3/t14-/m1/s1. The van der Waals surface area contributed by atoms with Crippen LogP contribution < -0.4 is 9.47 Å². The predicted octanol–water partition coefficient (Wildman–Crippen LogP) is 0.538. The maximum absolute atomic E-state index is 12.6. The molecule has 0 aliphatic carbocycles. The Bertz CT molecular complexity index is 685. The summed E-state index contributed by atoms with van der Waals surface area (Å²) >= 11 is 0. The smallest absolute Gasteiger partial charge is 0.231 e. The Kier molecular flexibility index (Phi) is 4.25. The SMILES string of the molecule is CN1C[C@H](C(=O)N2CCN(Cc3ccc4c(c3)OCO4)CC2)CC1=O. The number of fused-ring (bicyclic) bond motifs is 1. The van der Waals surface area contributed by atoms with Crippen LogP contribution in [0.4, 0.5) is 0 Å². The lowest BCUT2D eigenvalue weighted by Crippen LogP contribution is -2.50. The lowest BCUT2D eigenvalue weighted by Gasteiger charge is -2.35. The Balaban J connectivity index is 1.30. The maximum atomic E-state index is 12.6. The second kappa shape index (κ2) is 6.55. The van der Waals surface area contributed by atoms with Crippen molar-refractivity contribution in [2.24, 2.45) is 5.92 Å². The summed E-state index contributed by atoms with van der Waals surface area (Å²) in [5.41, 5.74) is 1.19. The molecule has 134 valence electrons. The number of benzene rings is 1. The number of hydrogen-bond acceptors (Lipinski definition) is 5. The molecule has 7 nitrogen and oxygen atoms in total. The van der Waals surface area contributed by atoms with Crippen LogP contribution in [0.15, 0.2) is 18.2 Å². The fourth-order valence-electron chi connectivity index (χ4n) is 3.71. The molecule has 2 fully saturated rings. The highest BCUT2D eigenvalue weighted by Gasteiger charge is 2.35. The molecule has 1 aromatic carbocycles. The third-order valence-corrected chi connectivity index (χ3v) is 5.22. The third kappa shape index (κ3) is 3.28. The van der Waals surface area contributed by atoms with Crippen molar-refractivity contribution in [3.05, 3.63) is 23.8 Å².